The van der Waals surface area contributed by atoms with Gasteiger partial charge in [-0.15, -0.1) is 0 Å². The molecule has 0 bridgehead atoms. The quantitative estimate of drug-likeness (QED) is 0.676. The van der Waals surface area contributed by atoms with E-state index in [0.29, 0.717) is 23.1 Å². The molecule has 0 fully saturated rings. The van der Waals surface area contributed by atoms with Crippen LogP contribution in [0.4, 0.5) is 0 Å². The summed E-state index contributed by atoms with van der Waals surface area (Å²) in [4.78, 5) is 12.1. The first-order chi connectivity index (χ1) is 12.9. The lowest BCUT2D eigenvalue weighted by Crippen LogP contribution is -2.20. The molecule has 0 atom stereocenters. The molecule has 0 saturated heterocycles. The minimum Gasteiger partial charge on any atom is -0.497 e. The summed E-state index contributed by atoms with van der Waals surface area (Å²) in [6.07, 6.45) is 3.11. The van der Waals surface area contributed by atoms with E-state index < -0.39 is 0 Å². The number of hydrogen-bond donors (Lipinski definition) is 1. The van der Waals surface area contributed by atoms with E-state index in [2.05, 4.69) is 5.32 Å². The molecule has 2 aromatic rings. The van der Waals surface area contributed by atoms with Crippen molar-refractivity contribution in [3.8, 4) is 17.2 Å². The number of ether oxygens (including phenoxy) is 3. The number of carbonyl (C=O) groups excluding carboxylic acids is 1. The summed E-state index contributed by atoms with van der Waals surface area (Å²) in [5.74, 6) is 1.59. The van der Waals surface area contributed by atoms with Crippen molar-refractivity contribution in [1.82, 2.24) is 5.32 Å². The van der Waals surface area contributed by atoms with Gasteiger partial charge in [-0.2, -0.15) is 0 Å². The molecular formula is C21H24ClNO4. The standard InChI is InChI=1S/C21H24ClNO4/c1-14(2)27-21-18(22)11-16(12-19(21)26-4)7-10-20(24)23-13-15-5-8-17(25-3)9-6-15/h5-12,14H,13H2,1-4H3,(H,23,24)/b10-7+. The Morgan fingerprint density at radius 3 is 2.44 bits per heavy atom. The van der Waals surface area contributed by atoms with Gasteiger partial charge in [0.25, 0.3) is 0 Å². The zero-order valence-electron chi connectivity index (χ0n) is 15.9. The molecule has 2 aromatic carbocycles. The number of halogens is 1. The van der Waals surface area contributed by atoms with E-state index in [9.17, 15) is 4.79 Å². The summed E-state index contributed by atoms with van der Waals surface area (Å²) < 4.78 is 16.1. The largest absolute Gasteiger partial charge is 0.497 e. The third kappa shape index (κ3) is 6.22. The Hall–Kier alpha value is -2.66. The first-order valence-corrected chi connectivity index (χ1v) is 8.93. The first kappa shape index (κ1) is 20.6. The van der Waals surface area contributed by atoms with Crippen molar-refractivity contribution in [2.45, 2.75) is 26.5 Å². The van der Waals surface area contributed by atoms with E-state index in [1.807, 2.05) is 38.1 Å². The Morgan fingerprint density at radius 2 is 1.85 bits per heavy atom. The van der Waals surface area contributed by atoms with Gasteiger partial charge in [0.1, 0.15) is 5.75 Å². The molecule has 0 saturated carbocycles. The first-order valence-electron chi connectivity index (χ1n) is 8.56. The molecule has 144 valence electrons. The van der Waals surface area contributed by atoms with E-state index in [1.54, 1.807) is 32.4 Å². The van der Waals surface area contributed by atoms with Crippen LogP contribution in [0.5, 0.6) is 17.2 Å². The van der Waals surface area contributed by atoms with Gasteiger partial charge >= 0.3 is 0 Å². The summed E-state index contributed by atoms with van der Waals surface area (Å²) >= 11 is 6.29. The highest BCUT2D eigenvalue weighted by atomic mass is 35.5. The van der Waals surface area contributed by atoms with Crippen LogP contribution in [0.3, 0.4) is 0 Å². The molecule has 1 amide bonds. The average molecular weight is 390 g/mol. The fourth-order valence-electron chi connectivity index (χ4n) is 2.35. The van der Waals surface area contributed by atoms with E-state index >= 15 is 0 Å². The zero-order chi connectivity index (χ0) is 19.8. The van der Waals surface area contributed by atoms with Crippen LogP contribution in [-0.2, 0) is 11.3 Å². The fraction of sp³-hybridized carbons (Fsp3) is 0.286. The molecule has 1 N–H and O–H groups in total. The van der Waals surface area contributed by atoms with Crippen LogP contribution >= 0.6 is 11.6 Å². The van der Waals surface area contributed by atoms with E-state index in [4.69, 9.17) is 25.8 Å². The van der Waals surface area contributed by atoms with Crippen molar-refractivity contribution in [2.24, 2.45) is 0 Å². The normalized spacial score (nSPS) is 10.9. The maximum atomic E-state index is 12.1. The third-order valence-corrected chi connectivity index (χ3v) is 3.94. The number of hydrogen-bond acceptors (Lipinski definition) is 4. The van der Waals surface area contributed by atoms with E-state index in [1.165, 1.54) is 6.08 Å². The van der Waals surface area contributed by atoms with E-state index in [-0.39, 0.29) is 12.0 Å². The Kier molecular flexibility index (Phi) is 7.55. The molecule has 0 aliphatic carbocycles. The lowest BCUT2D eigenvalue weighted by molar-refractivity contribution is -0.116. The van der Waals surface area contributed by atoms with Gasteiger partial charge in [-0.1, -0.05) is 23.7 Å². The van der Waals surface area contributed by atoms with E-state index in [0.717, 1.165) is 16.9 Å². The molecule has 2 rings (SSSR count). The fourth-order valence-corrected chi connectivity index (χ4v) is 2.61. The minimum absolute atomic E-state index is 0.0264. The highest BCUT2D eigenvalue weighted by Gasteiger charge is 2.12. The predicted molar refractivity (Wildman–Crippen MR) is 108 cm³/mol. The molecule has 0 spiro atoms. The Bertz CT molecular complexity index is 801. The lowest BCUT2D eigenvalue weighted by Gasteiger charge is -2.15. The molecular weight excluding hydrogens is 366 g/mol. The predicted octanol–water partition coefficient (Wildman–Crippen LogP) is 4.47. The maximum absolute atomic E-state index is 12.1. The van der Waals surface area contributed by atoms with Crippen molar-refractivity contribution in [3.05, 3.63) is 58.6 Å². The topological polar surface area (TPSA) is 56.8 Å². The summed E-state index contributed by atoms with van der Waals surface area (Å²) in [5, 5.41) is 3.26. The molecule has 0 heterocycles. The molecule has 0 aliphatic heterocycles. The highest BCUT2D eigenvalue weighted by molar-refractivity contribution is 6.32. The molecule has 0 aliphatic rings. The number of nitrogens with one attached hydrogen (secondary N) is 1. The number of carbonyl (C=O) groups is 1. The average Bonchev–Trinajstić information content (AvgIpc) is 2.66. The van der Waals surface area contributed by atoms with Gasteiger partial charge in [0.05, 0.1) is 25.3 Å². The number of rotatable bonds is 8. The Balaban J connectivity index is 2.01. The van der Waals surface area contributed by atoms with Crippen LogP contribution in [0.1, 0.15) is 25.0 Å². The van der Waals surface area contributed by atoms with Gasteiger partial charge in [0, 0.05) is 12.6 Å². The van der Waals surface area contributed by atoms with Crippen LogP contribution < -0.4 is 19.5 Å². The van der Waals surface area contributed by atoms with Gasteiger partial charge in [0.2, 0.25) is 5.91 Å². The van der Waals surface area contributed by atoms with Gasteiger partial charge in [-0.3, -0.25) is 4.79 Å². The summed E-state index contributed by atoms with van der Waals surface area (Å²) in [5.41, 5.74) is 1.73. The minimum atomic E-state index is -0.205. The zero-order valence-corrected chi connectivity index (χ0v) is 16.7. The van der Waals surface area contributed by atoms with Crippen LogP contribution in [-0.4, -0.2) is 26.2 Å². The van der Waals surface area contributed by atoms with Gasteiger partial charge in [0.15, 0.2) is 11.5 Å². The van der Waals surface area contributed by atoms with Crippen molar-refractivity contribution in [1.29, 1.82) is 0 Å². The Morgan fingerprint density at radius 1 is 1.15 bits per heavy atom. The summed E-state index contributed by atoms with van der Waals surface area (Å²) in [7, 11) is 3.16. The van der Waals surface area contributed by atoms with Crippen molar-refractivity contribution < 1.29 is 19.0 Å². The summed E-state index contributed by atoms with van der Waals surface area (Å²) in [6, 6.07) is 11.0. The molecule has 5 nitrogen and oxygen atoms in total. The number of methoxy groups -OCH3 is 2. The smallest absolute Gasteiger partial charge is 0.244 e. The number of amides is 1. The summed E-state index contributed by atoms with van der Waals surface area (Å²) in [6.45, 7) is 4.26. The molecule has 0 radical (unpaired) electrons. The molecule has 27 heavy (non-hydrogen) atoms. The van der Waals surface area contributed by atoms with Crippen LogP contribution in [0.2, 0.25) is 5.02 Å². The van der Waals surface area contributed by atoms with Crippen molar-refractivity contribution >= 4 is 23.6 Å². The lowest BCUT2D eigenvalue weighted by atomic mass is 10.1. The van der Waals surface area contributed by atoms with Gasteiger partial charge in [-0.05, 0) is 55.3 Å². The van der Waals surface area contributed by atoms with Crippen LogP contribution in [0.25, 0.3) is 6.08 Å². The maximum Gasteiger partial charge on any atom is 0.244 e. The van der Waals surface area contributed by atoms with Crippen molar-refractivity contribution in [3.63, 3.8) is 0 Å². The molecule has 0 unspecified atom stereocenters. The monoisotopic (exact) mass is 389 g/mol. The second-order valence-electron chi connectivity index (χ2n) is 6.10. The second kappa shape index (κ2) is 9.88. The second-order valence-corrected chi connectivity index (χ2v) is 6.51. The molecule has 0 aromatic heterocycles. The third-order valence-electron chi connectivity index (χ3n) is 3.66. The van der Waals surface area contributed by atoms with Gasteiger partial charge < -0.3 is 19.5 Å². The Labute approximate surface area is 164 Å². The molecule has 6 heteroatoms. The SMILES string of the molecule is COc1ccc(CNC(=O)/C=C/c2cc(Cl)c(OC(C)C)c(OC)c2)cc1. The number of benzene rings is 2. The van der Waals surface area contributed by atoms with Gasteiger partial charge in [-0.25, -0.2) is 0 Å². The van der Waals surface area contributed by atoms with Crippen LogP contribution in [0, 0.1) is 0 Å². The van der Waals surface area contributed by atoms with Crippen molar-refractivity contribution in [2.75, 3.05) is 14.2 Å². The van der Waals surface area contributed by atoms with Crippen LogP contribution in [0.15, 0.2) is 42.5 Å². The highest BCUT2D eigenvalue weighted by Crippen LogP contribution is 2.37.